The Balaban J connectivity index is 1.50. The van der Waals surface area contributed by atoms with Crippen molar-refractivity contribution in [2.75, 3.05) is 32.8 Å². The van der Waals surface area contributed by atoms with Crippen molar-refractivity contribution in [1.29, 1.82) is 5.41 Å². The predicted octanol–water partition coefficient (Wildman–Crippen LogP) is 4.51. The number of carbonyl (C=O) groups excluding carboxylic acids is 5. The van der Waals surface area contributed by atoms with Gasteiger partial charge in [0.25, 0.3) is 0 Å². The summed E-state index contributed by atoms with van der Waals surface area (Å²) in [4.78, 5) is 65.6. The molecule has 2 aliphatic rings. The Bertz CT molecular complexity index is 1250. The molecule has 2 fully saturated rings. The highest BCUT2D eigenvalue weighted by Crippen LogP contribution is 2.28. The number of likely N-dealkylation sites (tertiary alicyclic amines) is 2. The maximum atomic E-state index is 13.2. The molecule has 3 amide bonds. The number of alkyl carbamates (subject to hydrolysis) is 1. The van der Waals surface area contributed by atoms with E-state index in [0.29, 0.717) is 50.1 Å². The average Bonchev–Trinajstić information content (AvgIpc) is 3.00. The monoisotopic (exact) mass is 644 g/mol. The fourth-order valence-electron chi connectivity index (χ4n) is 5.48. The van der Waals surface area contributed by atoms with E-state index in [4.69, 9.17) is 24.4 Å². The Morgan fingerprint density at radius 2 is 1.61 bits per heavy atom. The number of rotatable bonds is 10. The van der Waals surface area contributed by atoms with E-state index in [9.17, 15) is 24.0 Å². The van der Waals surface area contributed by atoms with Gasteiger partial charge in [-0.05, 0) is 53.4 Å². The van der Waals surface area contributed by atoms with Crippen LogP contribution < -0.4 is 5.32 Å². The lowest BCUT2D eigenvalue weighted by atomic mass is 9.96. The molecule has 2 aliphatic heterocycles. The Hall–Kier alpha value is -4.00. The standard InChI is InChI=1S/C33H48N4O9/c1-7-43-31(41)35-28(34)24-12-10-23(11-13-24)27(39)19-21(2)29(40)36-17-14-26(15-18-36)45-30(44-22(3)38)25-9-8-16-37(20-25)32(42)46-33(4,5)6/h10-13,21,25-26,30H,7-9,14-20H2,1-6H3,(H2,34,35,41)/t21-,25?,30?/m1/s1. The average molecular weight is 645 g/mol. The zero-order valence-corrected chi connectivity index (χ0v) is 27.8. The van der Waals surface area contributed by atoms with Crippen LogP contribution in [0.3, 0.4) is 0 Å². The number of esters is 1. The minimum atomic E-state index is -0.817. The fraction of sp³-hybridized carbons (Fsp3) is 0.636. The number of ketones is 1. The molecule has 3 rings (SSSR count). The third kappa shape index (κ3) is 11.1. The summed E-state index contributed by atoms with van der Waals surface area (Å²) >= 11 is 0. The van der Waals surface area contributed by atoms with Crippen LogP contribution >= 0.6 is 0 Å². The Morgan fingerprint density at radius 1 is 0.978 bits per heavy atom. The van der Waals surface area contributed by atoms with Crippen LogP contribution in [-0.4, -0.2) is 96.3 Å². The van der Waals surface area contributed by atoms with E-state index in [1.54, 1.807) is 47.9 Å². The minimum Gasteiger partial charge on any atom is -0.450 e. The molecular formula is C33H48N4O9. The Morgan fingerprint density at radius 3 is 2.20 bits per heavy atom. The van der Waals surface area contributed by atoms with Gasteiger partial charge in [-0.15, -0.1) is 0 Å². The first-order chi connectivity index (χ1) is 21.7. The van der Waals surface area contributed by atoms with Gasteiger partial charge in [-0.25, -0.2) is 9.59 Å². The molecule has 0 aliphatic carbocycles. The molecule has 3 atom stereocenters. The molecule has 1 aromatic carbocycles. The fourth-order valence-corrected chi connectivity index (χ4v) is 5.48. The smallest absolute Gasteiger partial charge is 0.412 e. The summed E-state index contributed by atoms with van der Waals surface area (Å²) in [5.41, 5.74) is 0.205. The first kappa shape index (κ1) is 36.5. The van der Waals surface area contributed by atoms with Crippen LogP contribution in [0.15, 0.2) is 24.3 Å². The van der Waals surface area contributed by atoms with Crippen LogP contribution in [0.25, 0.3) is 0 Å². The first-order valence-corrected chi connectivity index (χ1v) is 15.9. The van der Waals surface area contributed by atoms with Gasteiger partial charge in [-0.2, -0.15) is 0 Å². The van der Waals surface area contributed by atoms with Crippen LogP contribution in [0.5, 0.6) is 0 Å². The van der Waals surface area contributed by atoms with Gasteiger partial charge in [0.1, 0.15) is 11.4 Å². The lowest BCUT2D eigenvalue weighted by Gasteiger charge is -2.39. The molecule has 254 valence electrons. The summed E-state index contributed by atoms with van der Waals surface area (Å²) in [5, 5.41) is 10.3. The summed E-state index contributed by atoms with van der Waals surface area (Å²) in [5.74, 6) is -1.68. The topological polar surface area (TPSA) is 165 Å². The Labute approximate surface area is 270 Å². The van der Waals surface area contributed by atoms with Crippen molar-refractivity contribution in [3.8, 4) is 0 Å². The van der Waals surface area contributed by atoms with E-state index in [0.717, 1.165) is 12.8 Å². The number of benzene rings is 1. The first-order valence-electron chi connectivity index (χ1n) is 15.9. The van der Waals surface area contributed by atoms with Crippen molar-refractivity contribution in [2.24, 2.45) is 11.8 Å². The number of Topliss-reactive ketones (excluding diaryl/α,β-unsaturated/α-hetero) is 1. The molecule has 0 bridgehead atoms. The van der Waals surface area contributed by atoms with Crippen LogP contribution in [-0.2, 0) is 28.5 Å². The molecule has 13 heteroatoms. The quantitative estimate of drug-likeness (QED) is 0.0931. The number of amides is 3. The lowest BCUT2D eigenvalue weighted by molar-refractivity contribution is -0.211. The van der Waals surface area contributed by atoms with E-state index in [-0.39, 0.29) is 42.6 Å². The number of hydrogen-bond acceptors (Lipinski definition) is 10. The second kappa shape index (κ2) is 16.5. The molecular weight excluding hydrogens is 596 g/mol. The zero-order chi connectivity index (χ0) is 34.0. The third-order valence-electron chi connectivity index (χ3n) is 7.77. The van der Waals surface area contributed by atoms with E-state index in [1.807, 2.05) is 20.8 Å². The van der Waals surface area contributed by atoms with Gasteiger partial charge in [-0.3, -0.25) is 25.1 Å². The molecule has 46 heavy (non-hydrogen) atoms. The largest absolute Gasteiger partial charge is 0.450 e. The molecule has 2 saturated heterocycles. The summed E-state index contributed by atoms with van der Waals surface area (Å²) in [7, 11) is 0. The molecule has 0 spiro atoms. The number of nitrogens with zero attached hydrogens (tertiary/aromatic N) is 2. The van der Waals surface area contributed by atoms with Crippen molar-refractivity contribution in [3.63, 3.8) is 0 Å². The SMILES string of the molecule is CCOC(=O)NC(=N)c1ccc(C(=O)C[C@@H](C)C(=O)N2CCC(OC(OC(C)=O)C3CCCN(C(=O)OC(C)(C)C)C3)CC2)cc1. The van der Waals surface area contributed by atoms with E-state index in [2.05, 4.69) is 5.32 Å². The molecule has 2 heterocycles. The second-order valence-electron chi connectivity index (χ2n) is 12.8. The zero-order valence-electron chi connectivity index (χ0n) is 27.8. The normalized spacial score (nSPS) is 18.6. The number of amidine groups is 1. The van der Waals surface area contributed by atoms with Gasteiger partial charge in [-0.1, -0.05) is 31.2 Å². The van der Waals surface area contributed by atoms with Crippen molar-refractivity contribution in [1.82, 2.24) is 15.1 Å². The van der Waals surface area contributed by atoms with E-state index >= 15 is 0 Å². The van der Waals surface area contributed by atoms with Crippen molar-refractivity contribution >= 4 is 35.7 Å². The number of ether oxygens (including phenoxy) is 4. The molecule has 0 radical (unpaired) electrons. The van der Waals surface area contributed by atoms with E-state index < -0.39 is 36.0 Å². The second-order valence-corrected chi connectivity index (χ2v) is 12.8. The van der Waals surface area contributed by atoms with Gasteiger partial charge in [0.05, 0.1) is 12.7 Å². The highest BCUT2D eigenvalue weighted by atomic mass is 16.7. The van der Waals surface area contributed by atoms with Gasteiger partial charge in [0.2, 0.25) is 12.2 Å². The summed E-state index contributed by atoms with van der Waals surface area (Å²) < 4.78 is 22.2. The maximum absolute atomic E-state index is 13.2. The van der Waals surface area contributed by atoms with Crippen molar-refractivity contribution in [2.45, 2.75) is 91.6 Å². The predicted molar refractivity (Wildman–Crippen MR) is 168 cm³/mol. The van der Waals surface area contributed by atoms with Crippen LogP contribution in [0.4, 0.5) is 9.59 Å². The Kier molecular flexibility index (Phi) is 13.1. The van der Waals surface area contributed by atoms with Crippen LogP contribution in [0, 0.1) is 17.2 Å². The molecule has 0 saturated carbocycles. The van der Waals surface area contributed by atoms with Gasteiger partial charge in [0.15, 0.2) is 5.78 Å². The lowest BCUT2D eigenvalue weighted by Crippen LogP contribution is -2.49. The summed E-state index contributed by atoms with van der Waals surface area (Å²) in [6, 6.07) is 6.25. The van der Waals surface area contributed by atoms with Gasteiger partial charge in [0, 0.05) is 62.5 Å². The molecule has 1 aromatic rings. The van der Waals surface area contributed by atoms with Gasteiger partial charge < -0.3 is 28.7 Å². The maximum Gasteiger partial charge on any atom is 0.412 e. The third-order valence-corrected chi connectivity index (χ3v) is 7.77. The van der Waals surface area contributed by atoms with Crippen molar-refractivity contribution in [3.05, 3.63) is 35.4 Å². The summed E-state index contributed by atoms with van der Waals surface area (Å²) in [6.07, 6.45) is 0.387. The van der Waals surface area contributed by atoms with Crippen molar-refractivity contribution < 1.29 is 42.9 Å². The number of hydrogen-bond donors (Lipinski definition) is 2. The molecule has 2 unspecified atom stereocenters. The highest BCUT2D eigenvalue weighted by molar-refractivity contribution is 6.05. The van der Waals surface area contributed by atoms with Crippen LogP contribution in [0.2, 0.25) is 0 Å². The van der Waals surface area contributed by atoms with E-state index in [1.165, 1.54) is 6.92 Å². The molecule has 13 nitrogen and oxygen atoms in total. The number of nitrogens with one attached hydrogen (secondary N) is 2. The highest BCUT2D eigenvalue weighted by Gasteiger charge is 2.36. The summed E-state index contributed by atoms with van der Waals surface area (Å²) in [6.45, 7) is 12.1. The molecule has 0 aromatic heterocycles. The van der Waals surface area contributed by atoms with Crippen LogP contribution in [0.1, 0.15) is 89.6 Å². The minimum absolute atomic E-state index is 0.0253. The number of carbonyl (C=O) groups is 5. The van der Waals surface area contributed by atoms with Gasteiger partial charge >= 0.3 is 18.2 Å². The number of piperidine rings is 2. The molecule has 2 N–H and O–H groups in total.